The molecular formula is C21H29N3O. The predicted molar refractivity (Wildman–Crippen MR) is 99.4 cm³/mol. The van der Waals surface area contributed by atoms with Crippen LogP contribution in [0.1, 0.15) is 62.3 Å². The van der Waals surface area contributed by atoms with Gasteiger partial charge in [0.05, 0.1) is 11.8 Å². The lowest BCUT2D eigenvalue weighted by Crippen LogP contribution is -2.41. The van der Waals surface area contributed by atoms with Gasteiger partial charge >= 0.3 is 0 Å². The Labute approximate surface area is 150 Å². The highest BCUT2D eigenvalue weighted by Gasteiger charge is 2.32. The van der Waals surface area contributed by atoms with Crippen molar-refractivity contribution in [2.75, 3.05) is 19.7 Å². The maximum atomic E-state index is 6.01. The first-order valence-electron chi connectivity index (χ1n) is 10.2. The van der Waals surface area contributed by atoms with Gasteiger partial charge in [-0.25, -0.2) is 4.98 Å². The van der Waals surface area contributed by atoms with E-state index in [1.807, 2.05) is 6.20 Å². The van der Waals surface area contributed by atoms with Crippen LogP contribution in [0.15, 0.2) is 18.3 Å². The Hall–Kier alpha value is -1.39. The van der Waals surface area contributed by atoms with Gasteiger partial charge in [-0.1, -0.05) is 19.3 Å². The summed E-state index contributed by atoms with van der Waals surface area (Å²) in [6.07, 6.45) is 11.6. The lowest BCUT2D eigenvalue weighted by atomic mass is 9.75. The number of hydrogen-bond acceptors (Lipinski definition) is 3. The Kier molecular flexibility index (Phi) is 4.26. The number of likely N-dealkylation sites (tertiary alicyclic amines) is 1. The van der Waals surface area contributed by atoms with E-state index in [4.69, 9.17) is 4.74 Å². The smallest absolute Gasteiger partial charge is 0.137 e. The summed E-state index contributed by atoms with van der Waals surface area (Å²) in [5.74, 6) is 1.92. The van der Waals surface area contributed by atoms with Crippen LogP contribution < -0.4 is 0 Å². The molecule has 4 heteroatoms. The summed E-state index contributed by atoms with van der Waals surface area (Å²) < 4.78 is 6.01. The number of fused-ring (bicyclic) bond motifs is 2. The zero-order chi connectivity index (χ0) is 16.6. The fourth-order valence-corrected chi connectivity index (χ4v) is 5.39. The highest BCUT2D eigenvalue weighted by molar-refractivity contribution is 5.81. The Morgan fingerprint density at radius 2 is 2.04 bits per heavy atom. The van der Waals surface area contributed by atoms with E-state index in [1.165, 1.54) is 68.3 Å². The summed E-state index contributed by atoms with van der Waals surface area (Å²) >= 11 is 0. The second kappa shape index (κ2) is 6.73. The number of pyridine rings is 1. The van der Waals surface area contributed by atoms with Crippen molar-refractivity contribution >= 4 is 11.0 Å². The van der Waals surface area contributed by atoms with Crippen molar-refractivity contribution in [2.24, 2.45) is 11.8 Å². The summed E-state index contributed by atoms with van der Waals surface area (Å²) in [4.78, 5) is 10.8. The second-order valence-electron chi connectivity index (χ2n) is 8.25. The molecule has 1 saturated carbocycles. The largest absolute Gasteiger partial charge is 0.372 e. The van der Waals surface area contributed by atoms with Crippen molar-refractivity contribution in [3.63, 3.8) is 0 Å². The molecule has 5 rings (SSSR count). The molecule has 4 nitrogen and oxygen atoms in total. The van der Waals surface area contributed by atoms with Gasteiger partial charge in [-0.05, 0) is 61.8 Å². The van der Waals surface area contributed by atoms with Gasteiger partial charge in [-0.3, -0.25) is 4.90 Å². The van der Waals surface area contributed by atoms with Crippen molar-refractivity contribution in [1.29, 1.82) is 0 Å². The van der Waals surface area contributed by atoms with E-state index in [0.29, 0.717) is 0 Å². The summed E-state index contributed by atoms with van der Waals surface area (Å²) in [5, 5.41) is 1.29. The van der Waals surface area contributed by atoms with E-state index in [9.17, 15) is 0 Å². The van der Waals surface area contributed by atoms with Crippen molar-refractivity contribution in [3.8, 4) is 0 Å². The number of piperidine rings is 1. The molecule has 2 aromatic rings. The minimum atomic E-state index is 0.233. The topological polar surface area (TPSA) is 41.1 Å². The van der Waals surface area contributed by atoms with Crippen LogP contribution in [-0.2, 0) is 11.3 Å². The Balaban J connectivity index is 1.42. The molecule has 0 spiro atoms. The number of hydrogen-bond donors (Lipinski definition) is 1. The minimum Gasteiger partial charge on any atom is -0.372 e. The maximum absolute atomic E-state index is 6.01. The average Bonchev–Trinajstić information content (AvgIpc) is 3.30. The van der Waals surface area contributed by atoms with Crippen LogP contribution in [0.5, 0.6) is 0 Å². The molecule has 2 aromatic heterocycles. The van der Waals surface area contributed by atoms with E-state index in [-0.39, 0.29) is 6.10 Å². The molecule has 1 aliphatic carbocycles. The van der Waals surface area contributed by atoms with Gasteiger partial charge in [0.2, 0.25) is 0 Å². The molecule has 3 fully saturated rings. The monoisotopic (exact) mass is 339 g/mol. The zero-order valence-electron chi connectivity index (χ0n) is 15.0. The SMILES string of the molecule is c1cnc2[nH]c([C@@H]3CCCO3)c(CN3CC[C@@H]4CCCC[C@@H]4C3)c2c1. The van der Waals surface area contributed by atoms with Crippen LogP contribution in [-0.4, -0.2) is 34.6 Å². The number of nitrogens with one attached hydrogen (secondary N) is 1. The minimum absolute atomic E-state index is 0.233. The Morgan fingerprint density at radius 1 is 1.12 bits per heavy atom. The maximum Gasteiger partial charge on any atom is 0.137 e. The fourth-order valence-electron chi connectivity index (χ4n) is 5.39. The van der Waals surface area contributed by atoms with E-state index >= 15 is 0 Å². The van der Waals surface area contributed by atoms with Crippen LogP contribution in [0.2, 0.25) is 0 Å². The van der Waals surface area contributed by atoms with Gasteiger partial charge in [0, 0.05) is 31.3 Å². The van der Waals surface area contributed by atoms with E-state index in [1.54, 1.807) is 0 Å². The third kappa shape index (κ3) is 3.00. The standard InChI is InChI=1S/C21H29N3O/c1-2-6-16-13-24(11-9-15(16)5-1)14-18-17-7-3-10-22-21(17)23-20(18)19-8-4-12-25-19/h3,7,10,15-16,19H,1-2,4-6,8-9,11-14H2,(H,22,23)/t15-,16+,19-/m0/s1. The van der Waals surface area contributed by atoms with Crippen molar-refractivity contribution in [2.45, 2.75) is 57.6 Å². The summed E-state index contributed by atoms with van der Waals surface area (Å²) in [6, 6.07) is 4.28. The average molecular weight is 339 g/mol. The number of H-pyrrole nitrogens is 1. The number of nitrogens with zero attached hydrogens (tertiary/aromatic N) is 2. The number of ether oxygens (including phenoxy) is 1. The molecule has 3 aliphatic rings. The van der Waals surface area contributed by atoms with Gasteiger partial charge < -0.3 is 9.72 Å². The first kappa shape index (κ1) is 15.8. The van der Waals surface area contributed by atoms with Gasteiger partial charge in [0.1, 0.15) is 5.65 Å². The molecule has 134 valence electrons. The molecule has 0 radical (unpaired) electrons. The van der Waals surface area contributed by atoms with E-state index in [2.05, 4.69) is 27.0 Å². The number of rotatable bonds is 3. The first-order valence-corrected chi connectivity index (χ1v) is 10.2. The third-order valence-corrected chi connectivity index (χ3v) is 6.72. The molecule has 2 aliphatic heterocycles. The van der Waals surface area contributed by atoms with Gasteiger partial charge in [-0.2, -0.15) is 0 Å². The second-order valence-corrected chi connectivity index (χ2v) is 8.25. The molecule has 0 amide bonds. The highest BCUT2D eigenvalue weighted by Crippen LogP contribution is 2.38. The van der Waals surface area contributed by atoms with Gasteiger partial charge in [0.25, 0.3) is 0 Å². The van der Waals surface area contributed by atoms with Crippen molar-refractivity contribution in [1.82, 2.24) is 14.9 Å². The van der Waals surface area contributed by atoms with Crippen molar-refractivity contribution in [3.05, 3.63) is 29.6 Å². The molecule has 2 saturated heterocycles. The molecule has 25 heavy (non-hydrogen) atoms. The van der Waals surface area contributed by atoms with Crippen LogP contribution in [0, 0.1) is 11.8 Å². The number of aromatic amines is 1. The zero-order valence-corrected chi connectivity index (χ0v) is 15.0. The lowest BCUT2D eigenvalue weighted by molar-refractivity contribution is 0.0796. The van der Waals surface area contributed by atoms with E-state index < -0.39 is 0 Å². The Morgan fingerprint density at radius 3 is 2.92 bits per heavy atom. The third-order valence-electron chi connectivity index (χ3n) is 6.72. The first-order chi connectivity index (χ1) is 12.4. The molecule has 3 atom stereocenters. The van der Waals surface area contributed by atoms with E-state index in [0.717, 1.165) is 37.1 Å². The normalized spacial score (nSPS) is 30.6. The molecule has 0 aromatic carbocycles. The summed E-state index contributed by atoms with van der Waals surface area (Å²) in [5.41, 5.74) is 3.75. The van der Waals surface area contributed by atoms with Crippen LogP contribution >= 0.6 is 0 Å². The Bertz CT molecular complexity index is 734. The van der Waals surface area contributed by atoms with Crippen molar-refractivity contribution < 1.29 is 4.74 Å². The molecule has 0 unspecified atom stereocenters. The highest BCUT2D eigenvalue weighted by atomic mass is 16.5. The fraction of sp³-hybridized carbons (Fsp3) is 0.667. The molecule has 4 heterocycles. The number of aromatic nitrogens is 2. The molecule has 1 N–H and O–H groups in total. The van der Waals surface area contributed by atoms with Crippen LogP contribution in [0.25, 0.3) is 11.0 Å². The van der Waals surface area contributed by atoms with Crippen LogP contribution in [0.4, 0.5) is 0 Å². The van der Waals surface area contributed by atoms with Crippen LogP contribution in [0.3, 0.4) is 0 Å². The summed E-state index contributed by atoms with van der Waals surface area (Å²) in [7, 11) is 0. The molecule has 0 bridgehead atoms. The summed E-state index contributed by atoms with van der Waals surface area (Å²) in [6.45, 7) is 4.46. The lowest BCUT2D eigenvalue weighted by Gasteiger charge is -2.41. The predicted octanol–water partition coefficient (Wildman–Crippen LogP) is 4.43. The van der Waals surface area contributed by atoms with Gasteiger partial charge in [0.15, 0.2) is 0 Å². The molecular weight excluding hydrogens is 310 g/mol. The van der Waals surface area contributed by atoms with Gasteiger partial charge in [-0.15, -0.1) is 0 Å². The quantitative estimate of drug-likeness (QED) is 0.899.